The number of aliphatic imine (C=N–C) groups is 1. The number of nitrogens with one attached hydrogen (secondary N) is 2. The Kier molecular flexibility index (Phi) is 6.61. The van der Waals surface area contributed by atoms with Crippen LogP contribution in [0.5, 0.6) is 0 Å². The number of ketones is 1. The van der Waals surface area contributed by atoms with E-state index in [0.717, 1.165) is 16.5 Å². The van der Waals surface area contributed by atoms with Crippen LogP contribution in [0.15, 0.2) is 71.4 Å². The van der Waals surface area contributed by atoms with Crippen molar-refractivity contribution in [3.8, 4) is 0 Å². The molecule has 3 aromatic rings. The highest BCUT2D eigenvalue weighted by Crippen LogP contribution is 2.24. The van der Waals surface area contributed by atoms with Gasteiger partial charge in [-0.25, -0.2) is 0 Å². The first kappa shape index (κ1) is 21.5. The van der Waals surface area contributed by atoms with E-state index in [1.54, 1.807) is 30.5 Å². The molecule has 2 aromatic carbocycles. The average Bonchev–Trinajstić information content (AvgIpc) is 3.20. The quantitative estimate of drug-likeness (QED) is 0.249. The normalized spacial score (nSPS) is 13.1. The highest BCUT2D eigenvalue weighted by Gasteiger charge is 2.27. The first-order valence-electron chi connectivity index (χ1n) is 9.59. The average molecular weight is 417 g/mol. The number of aromatic amines is 1. The molecule has 0 aliphatic heterocycles. The lowest BCUT2D eigenvalue weighted by Gasteiger charge is -2.17. The number of hydrogen-bond acceptors (Lipinski definition) is 5. The Morgan fingerprint density at radius 2 is 1.74 bits per heavy atom. The molecular weight excluding hydrogens is 394 g/mol. The number of primary amides is 1. The largest absolute Gasteiger partial charge is 0.397 e. The minimum Gasteiger partial charge on any atom is -0.397 e. The lowest BCUT2D eigenvalue weighted by Crippen LogP contribution is -2.48. The minimum atomic E-state index is -1.14. The van der Waals surface area contributed by atoms with Crippen LogP contribution in [-0.4, -0.2) is 41.9 Å². The Bertz CT molecular complexity index is 1180. The number of Topliss-reactive ketones (excluding diaryl/α,β-unsaturated/α-hetero) is 1. The number of hydrogen-bond donors (Lipinski definition) is 4. The smallest absolute Gasteiger partial charge is 0.287 e. The summed E-state index contributed by atoms with van der Waals surface area (Å²) in [6, 6.07) is 15.4. The maximum Gasteiger partial charge on any atom is 0.287 e. The molecule has 0 fully saturated rings. The maximum absolute atomic E-state index is 13.1. The third kappa shape index (κ3) is 4.87. The van der Waals surface area contributed by atoms with Gasteiger partial charge in [0.15, 0.2) is 0 Å². The van der Waals surface area contributed by atoms with Crippen molar-refractivity contribution < 1.29 is 14.4 Å². The van der Waals surface area contributed by atoms with E-state index in [9.17, 15) is 14.4 Å². The predicted molar refractivity (Wildman–Crippen MR) is 120 cm³/mol. The van der Waals surface area contributed by atoms with Gasteiger partial charge in [0.05, 0.1) is 11.3 Å². The van der Waals surface area contributed by atoms with Gasteiger partial charge in [0.25, 0.3) is 11.8 Å². The number of aromatic nitrogens is 1. The topological polar surface area (TPSA) is 143 Å². The summed E-state index contributed by atoms with van der Waals surface area (Å²) in [5.74, 6) is -2.65. The van der Waals surface area contributed by atoms with Gasteiger partial charge in [-0.15, -0.1) is 0 Å². The van der Waals surface area contributed by atoms with Gasteiger partial charge < -0.3 is 21.8 Å². The number of nitrogens with two attached hydrogens (primary N) is 2. The van der Waals surface area contributed by atoms with Crippen molar-refractivity contribution in [2.24, 2.45) is 16.5 Å². The fourth-order valence-corrected chi connectivity index (χ4v) is 3.29. The summed E-state index contributed by atoms with van der Waals surface area (Å²) in [7, 11) is 1.51. The summed E-state index contributed by atoms with van der Waals surface area (Å²) in [5, 5.41) is 3.43. The number of nitrogens with zero attached hydrogens (tertiary/aromatic N) is 1. The van der Waals surface area contributed by atoms with E-state index in [1.165, 1.54) is 13.3 Å². The standard InChI is InChI=1S/C23H23N5O3/c1-26-12-17(20(24)16-13-27-18-10-6-5-9-15(16)18)23(31)28-19(21(29)22(25)30)11-14-7-3-2-4-8-14/h2-10,12-13,19,27H,11,24H2,1H3,(H2,25,30)(H,28,31)/b20-17+,26-12?. The number of carbonyl (C=O) groups excluding carboxylic acids is 3. The zero-order chi connectivity index (χ0) is 22.4. The molecule has 1 atom stereocenters. The Labute approximate surface area is 179 Å². The molecule has 1 unspecified atom stereocenters. The summed E-state index contributed by atoms with van der Waals surface area (Å²) in [6.45, 7) is 0. The zero-order valence-electron chi connectivity index (χ0n) is 17.0. The molecule has 8 heteroatoms. The zero-order valence-corrected chi connectivity index (χ0v) is 17.0. The number of carbonyl (C=O) groups is 3. The lowest BCUT2D eigenvalue weighted by molar-refractivity contribution is -0.138. The molecule has 2 amide bonds. The summed E-state index contributed by atoms with van der Waals surface area (Å²) in [5.41, 5.74) is 14.0. The van der Waals surface area contributed by atoms with E-state index in [-0.39, 0.29) is 17.7 Å². The molecular formula is C23H23N5O3. The van der Waals surface area contributed by atoms with Crippen LogP contribution in [0.2, 0.25) is 0 Å². The summed E-state index contributed by atoms with van der Waals surface area (Å²) < 4.78 is 0. The van der Waals surface area contributed by atoms with Crippen molar-refractivity contribution in [1.29, 1.82) is 0 Å². The monoisotopic (exact) mass is 417 g/mol. The molecule has 3 rings (SSSR count). The first-order valence-corrected chi connectivity index (χ1v) is 9.59. The first-order chi connectivity index (χ1) is 14.9. The van der Waals surface area contributed by atoms with Crippen LogP contribution in [0.25, 0.3) is 16.6 Å². The van der Waals surface area contributed by atoms with Crippen LogP contribution >= 0.6 is 0 Å². The second-order valence-electron chi connectivity index (χ2n) is 6.91. The van der Waals surface area contributed by atoms with Crippen molar-refractivity contribution in [2.75, 3.05) is 7.05 Å². The predicted octanol–water partition coefficient (Wildman–Crippen LogP) is 1.32. The number of benzene rings is 2. The van der Waals surface area contributed by atoms with E-state index in [4.69, 9.17) is 11.5 Å². The van der Waals surface area contributed by atoms with E-state index < -0.39 is 23.6 Å². The van der Waals surface area contributed by atoms with Gasteiger partial charge in [0, 0.05) is 42.3 Å². The van der Waals surface area contributed by atoms with Crippen LogP contribution in [0.3, 0.4) is 0 Å². The minimum absolute atomic E-state index is 0.0718. The molecule has 0 aliphatic carbocycles. The third-order valence-electron chi connectivity index (χ3n) is 4.82. The van der Waals surface area contributed by atoms with E-state index in [2.05, 4.69) is 15.3 Å². The Morgan fingerprint density at radius 3 is 2.42 bits per heavy atom. The van der Waals surface area contributed by atoms with E-state index in [1.807, 2.05) is 30.3 Å². The van der Waals surface area contributed by atoms with E-state index in [0.29, 0.717) is 5.56 Å². The van der Waals surface area contributed by atoms with Gasteiger partial charge in [-0.2, -0.15) is 0 Å². The highest BCUT2D eigenvalue weighted by molar-refractivity contribution is 6.38. The van der Waals surface area contributed by atoms with Gasteiger partial charge in [0.1, 0.15) is 6.04 Å². The summed E-state index contributed by atoms with van der Waals surface area (Å²) in [6.07, 6.45) is 3.13. The third-order valence-corrected chi connectivity index (χ3v) is 4.82. The Balaban J connectivity index is 1.96. The molecule has 0 radical (unpaired) electrons. The van der Waals surface area contributed by atoms with Crippen molar-refractivity contribution in [3.63, 3.8) is 0 Å². The molecule has 0 bridgehead atoms. The van der Waals surface area contributed by atoms with Crippen molar-refractivity contribution in [3.05, 3.63) is 77.5 Å². The number of rotatable bonds is 8. The lowest BCUT2D eigenvalue weighted by atomic mass is 10.0. The van der Waals surface area contributed by atoms with Crippen LogP contribution in [0.1, 0.15) is 11.1 Å². The molecule has 0 aliphatic rings. The van der Waals surface area contributed by atoms with Gasteiger partial charge in [-0.3, -0.25) is 19.4 Å². The second kappa shape index (κ2) is 9.53. The molecule has 0 spiro atoms. The second-order valence-corrected chi connectivity index (χ2v) is 6.91. The highest BCUT2D eigenvalue weighted by atomic mass is 16.2. The van der Waals surface area contributed by atoms with Gasteiger partial charge in [-0.05, 0) is 11.6 Å². The summed E-state index contributed by atoms with van der Waals surface area (Å²) >= 11 is 0. The Morgan fingerprint density at radius 1 is 1.06 bits per heavy atom. The molecule has 1 heterocycles. The molecule has 31 heavy (non-hydrogen) atoms. The fraction of sp³-hybridized carbons (Fsp3) is 0.130. The molecule has 158 valence electrons. The van der Waals surface area contributed by atoms with Gasteiger partial charge in [0.2, 0.25) is 5.78 Å². The summed E-state index contributed by atoms with van der Waals surface area (Å²) in [4.78, 5) is 44.0. The fourth-order valence-electron chi connectivity index (χ4n) is 3.29. The maximum atomic E-state index is 13.1. The van der Waals surface area contributed by atoms with E-state index >= 15 is 0 Å². The molecule has 1 aromatic heterocycles. The number of fused-ring (bicyclic) bond motifs is 1. The SMILES string of the molecule is CN=C/C(C(=O)NC(Cc1ccccc1)C(=O)C(N)=O)=C(\N)c1c[nH]c2ccccc12. The van der Waals surface area contributed by atoms with Crippen LogP contribution < -0.4 is 16.8 Å². The number of amides is 2. The molecule has 6 N–H and O–H groups in total. The number of para-hydroxylation sites is 1. The molecule has 8 nitrogen and oxygen atoms in total. The van der Waals surface area contributed by atoms with Gasteiger partial charge >= 0.3 is 0 Å². The van der Waals surface area contributed by atoms with Crippen molar-refractivity contribution >= 4 is 40.4 Å². The van der Waals surface area contributed by atoms with Crippen molar-refractivity contribution in [1.82, 2.24) is 10.3 Å². The molecule has 0 saturated heterocycles. The van der Waals surface area contributed by atoms with Crippen LogP contribution in [0.4, 0.5) is 0 Å². The number of H-pyrrole nitrogens is 1. The van der Waals surface area contributed by atoms with Crippen LogP contribution in [0, 0.1) is 0 Å². The van der Waals surface area contributed by atoms with Crippen LogP contribution in [-0.2, 0) is 20.8 Å². The molecule has 0 saturated carbocycles. The van der Waals surface area contributed by atoms with Gasteiger partial charge in [-0.1, -0.05) is 48.5 Å². The Hall–Kier alpha value is -4.20. The van der Waals surface area contributed by atoms with Crippen molar-refractivity contribution in [2.45, 2.75) is 12.5 Å².